The molecule has 0 aliphatic heterocycles. The molecule has 0 bridgehead atoms. The SMILES string of the molecule is CCNCC(=O)N(C)CCOc1cc(C)cc(C)c1. The highest BCUT2D eigenvalue weighted by molar-refractivity contribution is 5.77. The summed E-state index contributed by atoms with van der Waals surface area (Å²) in [7, 11) is 1.80. The number of amides is 1. The van der Waals surface area contributed by atoms with Crippen molar-refractivity contribution in [3.05, 3.63) is 29.3 Å². The Balaban J connectivity index is 2.35. The second-order valence-electron chi connectivity index (χ2n) is 4.77. The quantitative estimate of drug-likeness (QED) is 0.816. The lowest BCUT2D eigenvalue weighted by Crippen LogP contribution is -2.37. The standard InChI is InChI=1S/C15H24N2O2/c1-5-16-11-15(18)17(4)6-7-19-14-9-12(2)8-13(3)10-14/h8-10,16H,5-7,11H2,1-4H3. The molecule has 0 spiro atoms. The maximum absolute atomic E-state index is 11.7. The van der Waals surface area contributed by atoms with Crippen molar-refractivity contribution in [1.82, 2.24) is 10.2 Å². The van der Waals surface area contributed by atoms with Gasteiger partial charge in [0.1, 0.15) is 12.4 Å². The van der Waals surface area contributed by atoms with Gasteiger partial charge in [-0.15, -0.1) is 0 Å². The second-order valence-corrected chi connectivity index (χ2v) is 4.77. The van der Waals surface area contributed by atoms with Crippen molar-refractivity contribution in [2.45, 2.75) is 20.8 Å². The van der Waals surface area contributed by atoms with Gasteiger partial charge in [0.15, 0.2) is 0 Å². The lowest BCUT2D eigenvalue weighted by Gasteiger charge is -2.17. The maximum atomic E-state index is 11.7. The van der Waals surface area contributed by atoms with Crippen molar-refractivity contribution in [2.24, 2.45) is 0 Å². The van der Waals surface area contributed by atoms with E-state index in [-0.39, 0.29) is 5.91 Å². The van der Waals surface area contributed by atoms with Crippen LogP contribution in [0.1, 0.15) is 18.1 Å². The maximum Gasteiger partial charge on any atom is 0.236 e. The van der Waals surface area contributed by atoms with E-state index in [0.29, 0.717) is 19.7 Å². The first-order valence-electron chi connectivity index (χ1n) is 6.68. The van der Waals surface area contributed by atoms with Crippen molar-refractivity contribution in [1.29, 1.82) is 0 Å². The Hall–Kier alpha value is -1.55. The predicted octanol–water partition coefficient (Wildman–Crippen LogP) is 1.75. The number of ether oxygens (including phenoxy) is 1. The topological polar surface area (TPSA) is 41.6 Å². The summed E-state index contributed by atoms with van der Waals surface area (Å²) in [6.45, 7) is 8.37. The van der Waals surface area contributed by atoms with Crippen molar-refractivity contribution < 1.29 is 9.53 Å². The normalized spacial score (nSPS) is 10.3. The molecule has 1 N–H and O–H groups in total. The molecule has 0 atom stereocenters. The third-order valence-electron chi connectivity index (χ3n) is 2.84. The molecule has 0 aliphatic rings. The lowest BCUT2D eigenvalue weighted by molar-refractivity contribution is -0.129. The number of nitrogens with zero attached hydrogens (tertiary/aromatic N) is 1. The average molecular weight is 264 g/mol. The number of nitrogens with one attached hydrogen (secondary N) is 1. The minimum Gasteiger partial charge on any atom is -0.492 e. The van der Waals surface area contributed by atoms with Crippen LogP contribution in [0.5, 0.6) is 5.75 Å². The number of aryl methyl sites for hydroxylation is 2. The lowest BCUT2D eigenvalue weighted by atomic mass is 10.1. The van der Waals surface area contributed by atoms with Crippen molar-refractivity contribution in [3.63, 3.8) is 0 Å². The molecule has 1 rings (SSSR count). The summed E-state index contributed by atoms with van der Waals surface area (Å²) in [5, 5.41) is 3.02. The zero-order valence-corrected chi connectivity index (χ0v) is 12.3. The number of carbonyl (C=O) groups is 1. The molecule has 19 heavy (non-hydrogen) atoms. The second kappa shape index (κ2) is 7.79. The van der Waals surface area contributed by atoms with Crippen LogP contribution in [0.25, 0.3) is 0 Å². The van der Waals surface area contributed by atoms with Crippen molar-refractivity contribution in [3.8, 4) is 5.75 Å². The molecule has 0 unspecified atom stereocenters. The number of hydrogen-bond donors (Lipinski definition) is 1. The summed E-state index contributed by atoms with van der Waals surface area (Å²) in [6.07, 6.45) is 0. The first kappa shape index (κ1) is 15.5. The van der Waals surface area contributed by atoms with Gasteiger partial charge in [-0.05, 0) is 43.7 Å². The number of rotatable bonds is 7. The highest BCUT2D eigenvalue weighted by atomic mass is 16.5. The highest BCUT2D eigenvalue weighted by Crippen LogP contribution is 2.15. The number of benzene rings is 1. The van der Waals surface area contributed by atoms with Gasteiger partial charge in [-0.25, -0.2) is 0 Å². The van der Waals surface area contributed by atoms with Crippen LogP contribution in [0.4, 0.5) is 0 Å². The molecule has 0 fully saturated rings. The van der Waals surface area contributed by atoms with Crippen molar-refractivity contribution in [2.75, 3.05) is 33.3 Å². The summed E-state index contributed by atoms with van der Waals surface area (Å²) < 4.78 is 5.68. The zero-order chi connectivity index (χ0) is 14.3. The minimum atomic E-state index is 0.0888. The smallest absolute Gasteiger partial charge is 0.236 e. The zero-order valence-electron chi connectivity index (χ0n) is 12.3. The number of carbonyl (C=O) groups excluding carboxylic acids is 1. The summed E-state index contributed by atoms with van der Waals surface area (Å²) in [6, 6.07) is 6.12. The molecule has 0 heterocycles. The Bertz CT molecular complexity index is 398. The van der Waals surface area contributed by atoms with Crippen LogP contribution in [0, 0.1) is 13.8 Å². The fraction of sp³-hybridized carbons (Fsp3) is 0.533. The van der Waals surface area contributed by atoms with E-state index >= 15 is 0 Å². The Kier molecular flexibility index (Phi) is 6.36. The van der Waals surface area contributed by atoms with Gasteiger partial charge in [0.2, 0.25) is 5.91 Å². The predicted molar refractivity (Wildman–Crippen MR) is 77.6 cm³/mol. The number of hydrogen-bond acceptors (Lipinski definition) is 3. The molecule has 0 radical (unpaired) electrons. The Labute approximate surface area is 115 Å². The number of likely N-dealkylation sites (N-methyl/N-ethyl adjacent to an activating group) is 2. The fourth-order valence-electron chi connectivity index (χ4n) is 1.81. The monoisotopic (exact) mass is 264 g/mol. The van der Waals surface area contributed by atoms with E-state index in [1.807, 2.05) is 32.9 Å². The van der Waals surface area contributed by atoms with Crippen LogP contribution in [-0.4, -0.2) is 44.1 Å². The Morgan fingerprint density at radius 1 is 1.26 bits per heavy atom. The molecule has 1 aromatic rings. The minimum absolute atomic E-state index is 0.0888. The summed E-state index contributed by atoms with van der Waals surface area (Å²) in [5.74, 6) is 0.955. The van der Waals surface area contributed by atoms with Gasteiger partial charge in [-0.3, -0.25) is 4.79 Å². The van der Waals surface area contributed by atoms with Crippen LogP contribution >= 0.6 is 0 Å². The first-order valence-corrected chi connectivity index (χ1v) is 6.68. The van der Waals surface area contributed by atoms with E-state index < -0.39 is 0 Å². The fourth-order valence-corrected chi connectivity index (χ4v) is 1.81. The highest BCUT2D eigenvalue weighted by Gasteiger charge is 2.07. The van der Waals surface area contributed by atoms with Gasteiger partial charge >= 0.3 is 0 Å². The van der Waals surface area contributed by atoms with Gasteiger partial charge in [-0.2, -0.15) is 0 Å². The molecule has 106 valence electrons. The molecule has 1 amide bonds. The van der Waals surface area contributed by atoms with E-state index in [0.717, 1.165) is 12.3 Å². The van der Waals surface area contributed by atoms with E-state index in [4.69, 9.17) is 4.74 Å². The van der Waals surface area contributed by atoms with E-state index in [2.05, 4.69) is 11.4 Å². The Morgan fingerprint density at radius 2 is 1.89 bits per heavy atom. The molecule has 4 heteroatoms. The largest absolute Gasteiger partial charge is 0.492 e. The third-order valence-corrected chi connectivity index (χ3v) is 2.84. The summed E-state index contributed by atoms with van der Waals surface area (Å²) >= 11 is 0. The van der Waals surface area contributed by atoms with Crippen LogP contribution in [0.2, 0.25) is 0 Å². The van der Waals surface area contributed by atoms with Gasteiger partial charge in [0.25, 0.3) is 0 Å². The van der Waals surface area contributed by atoms with E-state index in [1.54, 1.807) is 11.9 Å². The molecular weight excluding hydrogens is 240 g/mol. The molecule has 4 nitrogen and oxygen atoms in total. The first-order chi connectivity index (χ1) is 9.02. The van der Waals surface area contributed by atoms with Crippen LogP contribution in [0.3, 0.4) is 0 Å². The molecule has 1 aromatic carbocycles. The van der Waals surface area contributed by atoms with Crippen LogP contribution < -0.4 is 10.1 Å². The van der Waals surface area contributed by atoms with Gasteiger partial charge in [0, 0.05) is 7.05 Å². The molecular formula is C15H24N2O2. The van der Waals surface area contributed by atoms with Gasteiger partial charge < -0.3 is 15.0 Å². The van der Waals surface area contributed by atoms with E-state index in [1.165, 1.54) is 11.1 Å². The average Bonchev–Trinajstić information content (AvgIpc) is 2.34. The van der Waals surface area contributed by atoms with Crippen LogP contribution in [-0.2, 0) is 4.79 Å². The molecule has 0 saturated heterocycles. The van der Waals surface area contributed by atoms with Crippen molar-refractivity contribution >= 4 is 5.91 Å². The van der Waals surface area contributed by atoms with Gasteiger partial charge in [-0.1, -0.05) is 13.0 Å². The van der Waals surface area contributed by atoms with Crippen LogP contribution in [0.15, 0.2) is 18.2 Å². The Morgan fingerprint density at radius 3 is 2.47 bits per heavy atom. The summed E-state index contributed by atoms with van der Waals surface area (Å²) in [5.41, 5.74) is 2.37. The van der Waals surface area contributed by atoms with Gasteiger partial charge in [0.05, 0.1) is 13.1 Å². The third kappa shape index (κ3) is 5.75. The van der Waals surface area contributed by atoms with E-state index in [9.17, 15) is 4.79 Å². The summed E-state index contributed by atoms with van der Waals surface area (Å²) in [4.78, 5) is 13.3. The molecule has 0 aliphatic carbocycles. The molecule has 0 aromatic heterocycles. The molecule has 0 saturated carbocycles.